The molecule has 4 heterocycles. The molecule has 1 aliphatic rings. The Morgan fingerprint density at radius 3 is 1.25 bits per heavy atom. The number of likely N-dealkylation sites (tertiary alicyclic amines) is 1. The maximum absolute atomic E-state index is 11.6. The first-order chi connectivity index (χ1) is 24.2. The summed E-state index contributed by atoms with van der Waals surface area (Å²) >= 11 is 0. The number of aryl methyl sites for hydroxylation is 1. The Labute approximate surface area is 308 Å². The molecule has 0 spiro atoms. The van der Waals surface area contributed by atoms with Crippen LogP contribution >= 0.6 is 0 Å². The maximum atomic E-state index is 11.6. The summed E-state index contributed by atoms with van der Waals surface area (Å²) in [7, 11) is 0. The molecule has 0 radical (unpaired) electrons. The number of ether oxygens (including phenoxy) is 3. The molecule has 4 rings (SSSR count). The lowest BCUT2D eigenvalue weighted by atomic mass is 10.2. The Morgan fingerprint density at radius 1 is 0.615 bits per heavy atom. The molecule has 0 saturated carbocycles. The molecule has 4 N–H and O–H groups in total. The van der Waals surface area contributed by atoms with Crippen LogP contribution < -0.4 is 16.0 Å². The van der Waals surface area contributed by atoms with Gasteiger partial charge in [0.25, 0.3) is 0 Å². The zero-order valence-corrected chi connectivity index (χ0v) is 32.3. The third-order valence-corrected chi connectivity index (χ3v) is 6.52. The Morgan fingerprint density at radius 2 is 0.962 bits per heavy atom. The molecule has 14 heteroatoms. The summed E-state index contributed by atoms with van der Waals surface area (Å²) in [5.74, 6) is 0. The first kappa shape index (κ1) is 43.3. The molecule has 3 aromatic heterocycles. The lowest BCUT2D eigenvalue weighted by Crippen LogP contribution is -2.27. The largest absolute Gasteiger partial charge is 0.444 e. The number of rotatable bonds is 7. The van der Waals surface area contributed by atoms with E-state index < -0.39 is 35.1 Å². The van der Waals surface area contributed by atoms with Gasteiger partial charge in [-0.05, 0) is 131 Å². The smallest absolute Gasteiger partial charge is 0.412 e. The van der Waals surface area contributed by atoms with Crippen molar-refractivity contribution in [3.05, 3.63) is 72.1 Å². The van der Waals surface area contributed by atoms with Gasteiger partial charge >= 0.3 is 18.3 Å². The Kier molecular flexibility index (Phi) is 16.9. The number of hydrogen-bond donors (Lipinski definition) is 4. The second-order valence-corrected chi connectivity index (χ2v) is 15.0. The van der Waals surface area contributed by atoms with Gasteiger partial charge in [0.15, 0.2) is 0 Å². The van der Waals surface area contributed by atoms with E-state index in [4.69, 9.17) is 19.3 Å². The van der Waals surface area contributed by atoms with E-state index in [-0.39, 0.29) is 6.61 Å². The predicted octanol–water partition coefficient (Wildman–Crippen LogP) is 7.94. The second-order valence-electron chi connectivity index (χ2n) is 15.0. The van der Waals surface area contributed by atoms with Crippen molar-refractivity contribution in [3.63, 3.8) is 0 Å². The van der Waals surface area contributed by atoms with Crippen molar-refractivity contribution in [3.8, 4) is 0 Å². The normalized spacial score (nSPS) is 13.0. The van der Waals surface area contributed by atoms with Crippen LogP contribution in [-0.4, -0.2) is 73.1 Å². The summed E-state index contributed by atoms with van der Waals surface area (Å²) in [6, 6.07) is 10.8. The third kappa shape index (κ3) is 19.5. The molecule has 3 amide bonds. The zero-order chi connectivity index (χ0) is 39.0. The van der Waals surface area contributed by atoms with Crippen LogP contribution in [0.3, 0.4) is 0 Å². The van der Waals surface area contributed by atoms with E-state index in [1.54, 1.807) is 45.3 Å². The number of anilines is 3. The molecular formula is C38H57N7O7. The zero-order valence-electron chi connectivity index (χ0n) is 32.3. The number of aromatic nitrogens is 3. The van der Waals surface area contributed by atoms with Gasteiger partial charge in [0.1, 0.15) is 16.8 Å². The maximum Gasteiger partial charge on any atom is 0.412 e. The van der Waals surface area contributed by atoms with Crippen molar-refractivity contribution in [1.82, 2.24) is 19.9 Å². The highest BCUT2D eigenvalue weighted by Crippen LogP contribution is 2.15. The molecule has 0 atom stereocenters. The number of hydrogen-bond acceptors (Lipinski definition) is 11. The molecule has 0 aromatic carbocycles. The van der Waals surface area contributed by atoms with Gasteiger partial charge in [0.05, 0.1) is 53.6 Å². The van der Waals surface area contributed by atoms with Gasteiger partial charge in [0.2, 0.25) is 0 Å². The van der Waals surface area contributed by atoms with E-state index in [1.807, 2.05) is 72.7 Å². The number of aliphatic hydroxyl groups excluding tert-OH is 1. The van der Waals surface area contributed by atoms with Crippen molar-refractivity contribution < 1.29 is 33.7 Å². The van der Waals surface area contributed by atoms with Crippen LogP contribution in [0, 0.1) is 0 Å². The number of carbonyl (C=O) groups excluding carboxylic acids is 3. The van der Waals surface area contributed by atoms with E-state index >= 15 is 0 Å². The molecule has 0 aliphatic carbocycles. The third-order valence-electron chi connectivity index (χ3n) is 6.52. The minimum Gasteiger partial charge on any atom is -0.444 e. The van der Waals surface area contributed by atoms with E-state index in [9.17, 15) is 14.4 Å². The summed E-state index contributed by atoms with van der Waals surface area (Å²) in [5.41, 5.74) is 2.91. The highest BCUT2D eigenvalue weighted by atomic mass is 16.6. The van der Waals surface area contributed by atoms with Crippen LogP contribution in [0.5, 0.6) is 0 Å². The lowest BCUT2D eigenvalue weighted by Gasteiger charge is -2.19. The van der Waals surface area contributed by atoms with Gasteiger partial charge in [-0.15, -0.1) is 0 Å². The average molecular weight is 724 g/mol. The highest BCUT2D eigenvalue weighted by Gasteiger charge is 2.18. The van der Waals surface area contributed by atoms with Crippen molar-refractivity contribution >= 4 is 35.3 Å². The molecule has 0 unspecified atom stereocenters. The van der Waals surface area contributed by atoms with Crippen LogP contribution in [0.25, 0.3) is 0 Å². The molecule has 52 heavy (non-hydrogen) atoms. The average Bonchev–Trinajstić information content (AvgIpc) is 3.54. The van der Waals surface area contributed by atoms with Gasteiger partial charge in [-0.2, -0.15) is 0 Å². The standard InChI is InChI=1S/C15H23N3O2.C12H18N2O2.C11H16N2O3/c1-15(2,3)20-14(19)17-12-6-7-13(16-10-12)11-18-8-4-5-9-18;1-5-9-6-7-10(8-13-9)14-11(15)16-12(2,3)4;1-11(2,3)16-10(15)13-8-4-5-9(7-14)12-6-8/h6-7,10H,4-5,8-9,11H2,1-3H3,(H,17,19);6-8H,5H2,1-4H3,(H,14,15);4-6,14H,7H2,1-3H3,(H,13,15). The molecule has 14 nitrogen and oxygen atoms in total. The summed E-state index contributed by atoms with van der Waals surface area (Å²) in [6.45, 7) is 21.5. The number of aliphatic hydroxyl groups is 1. The summed E-state index contributed by atoms with van der Waals surface area (Å²) in [6.07, 6.45) is 6.77. The molecule has 286 valence electrons. The van der Waals surface area contributed by atoms with E-state index in [1.165, 1.54) is 19.0 Å². The number of nitrogens with zero attached hydrogens (tertiary/aromatic N) is 4. The van der Waals surface area contributed by atoms with Gasteiger partial charge < -0.3 is 19.3 Å². The van der Waals surface area contributed by atoms with Gasteiger partial charge in [0, 0.05) is 12.2 Å². The SMILES string of the molecule is CC(C)(C)OC(=O)Nc1ccc(CN2CCCC2)nc1.CC(C)(C)OC(=O)Nc1ccc(CO)nc1.CCc1ccc(NC(=O)OC(C)(C)C)cn1. The van der Waals surface area contributed by atoms with Gasteiger partial charge in [-0.25, -0.2) is 14.4 Å². The summed E-state index contributed by atoms with van der Waals surface area (Å²) < 4.78 is 15.4. The monoisotopic (exact) mass is 723 g/mol. The van der Waals surface area contributed by atoms with Crippen LogP contribution in [0.2, 0.25) is 0 Å². The van der Waals surface area contributed by atoms with Gasteiger partial charge in [-0.1, -0.05) is 6.92 Å². The van der Waals surface area contributed by atoms with Crippen molar-refractivity contribution in [2.24, 2.45) is 0 Å². The first-order valence-corrected chi connectivity index (χ1v) is 17.4. The molecule has 0 bridgehead atoms. The van der Waals surface area contributed by atoms with E-state index in [2.05, 4.69) is 35.8 Å². The minimum absolute atomic E-state index is 0.118. The summed E-state index contributed by atoms with van der Waals surface area (Å²) in [5, 5.41) is 16.6. The number of carbonyl (C=O) groups is 3. The second kappa shape index (κ2) is 20.3. The molecule has 1 aliphatic heterocycles. The van der Waals surface area contributed by atoms with Crippen LogP contribution in [-0.2, 0) is 33.8 Å². The fraction of sp³-hybridized carbons (Fsp3) is 0.526. The lowest BCUT2D eigenvalue weighted by molar-refractivity contribution is 0.0624. The van der Waals surface area contributed by atoms with Crippen molar-refractivity contribution in [2.45, 2.75) is 118 Å². The quantitative estimate of drug-likeness (QED) is 0.174. The fourth-order valence-corrected chi connectivity index (χ4v) is 4.33. The Hall–Kier alpha value is -4.82. The highest BCUT2D eigenvalue weighted by molar-refractivity contribution is 5.85. The number of nitrogens with one attached hydrogen (secondary N) is 3. The van der Waals surface area contributed by atoms with E-state index in [0.717, 1.165) is 37.4 Å². The summed E-state index contributed by atoms with van der Waals surface area (Å²) in [4.78, 5) is 49.3. The van der Waals surface area contributed by atoms with E-state index in [0.29, 0.717) is 22.8 Å². The fourth-order valence-electron chi connectivity index (χ4n) is 4.33. The molecule has 3 aromatic rings. The Balaban J connectivity index is 0.000000273. The number of pyridine rings is 3. The van der Waals surface area contributed by atoms with Crippen LogP contribution in [0.15, 0.2) is 55.0 Å². The van der Waals surface area contributed by atoms with Crippen LogP contribution in [0.4, 0.5) is 31.4 Å². The predicted molar refractivity (Wildman–Crippen MR) is 202 cm³/mol. The van der Waals surface area contributed by atoms with Gasteiger partial charge in [-0.3, -0.25) is 35.8 Å². The first-order valence-electron chi connectivity index (χ1n) is 17.4. The number of amides is 3. The molecule has 1 fully saturated rings. The Bertz CT molecular complexity index is 1450. The molecule has 1 saturated heterocycles. The van der Waals surface area contributed by atoms with Crippen molar-refractivity contribution in [2.75, 3.05) is 29.0 Å². The minimum atomic E-state index is -0.525. The molecular weight excluding hydrogens is 666 g/mol. The van der Waals surface area contributed by atoms with Crippen molar-refractivity contribution in [1.29, 1.82) is 0 Å². The topological polar surface area (TPSA) is 177 Å². The van der Waals surface area contributed by atoms with Crippen LogP contribution in [0.1, 0.15) is 99.2 Å².